The number of aromatic amines is 1. The largest absolute Gasteiger partial charge is 0.475 e. The highest BCUT2D eigenvalue weighted by molar-refractivity contribution is 5.91. The van der Waals surface area contributed by atoms with E-state index in [1.807, 2.05) is 6.92 Å². The van der Waals surface area contributed by atoms with E-state index < -0.39 is 5.97 Å². The van der Waals surface area contributed by atoms with Crippen LogP contribution < -0.4 is 10.3 Å². The highest BCUT2D eigenvalue weighted by Gasteiger charge is 2.26. The van der Waals surface area contributed by atoms with Gasteiger partial charge in [-0.3, -0.25) is 9.78 Å². The SMILES string of the molecule is COC(=O)c1cc(=O)[nH]c2c1CC(C)O2. The summed E-state index contributed by atoms with van der Waals surface area (Å²) in [4.78, 5) is 25.2. The Balaban J connectivity index is 2.57. The Morgan fingerprint density at radius 2 is 2.40 bits per heavy atom. The van der Waals surface area contributed by atoms with Crippen molar-refractivity contribution in [2.45, 2.75) is 19.4 Å². The van der Waals surface area contributed by atoms with Crippen LogP contribution in [-0.4, -0.2) is 24.2 Å². The van der Waals surface area contributed by atoms with Crippen LogP contribution in [0.3, 0.4) is 0 Å². The second-order valence-electron chi connectivity index (χ2n) is 3.48. The Labute approximate surface area is 86.0 Å². The predicted molar refractivity (Wildman–Crippen MR) is 52.2 cm³/mol. The Morgan fingerprint density at radius 3 is 3.07 bits per heavy atom. The fourth-order valence-corrected chi connectivity index (χ4v) is 1.69. The van der Waals surface area contributed by atoms with E-state index in [9.17, 15) is 9.59 Å². The number of rotatable bonds is 1. The van der Waals surface area contributed by atoms with E-state index >= 15 is 0 Å². The van der Waals surface area contributed by atoms with Crippen molar-refractivity contribution in [3.05, 3.63) is 27.5 Å². The van der Waals surface area contributed by atoms with Gasteiger partial charge >= 0.3 is 5.97 Å². The molecule has 0 saturated heterocycles. The third-order valence-electron chi connectivity index (χ3n) is 2.33. The zero-order valence-corrected chi connectivity index (χ0v) is 8.49. The summed E-state index contributed by atoms with van der Waals surface area (Å²) in [6.07, 6.45) is 0.581. The number of aromatic nitrogens is 1. The molecule has 0 aliphatic carbocycles. The molecule has 2 rings (SSSR count). The number of esters is 1. The molecule has 80 valence electrons. The Kier molecular flexibility index (Phi) is 2.22. The Bertz CT molecular complexity index is 463. The summed E-state index contributed by atoms with van der Waals surface area (Å²) in [5.41, 5.74) is 0.651. The zero-order chi connectivity index (χ0) is 11.0. The van der Waals surface area contributed by atoms with Crippen molar-refractivity contribution < 1.29 is 14.3 Å². The zero-order valence-electron chi connectivity index (χ0n) is 8.49. The first-order valence-corrected chi connectivity index (χ1v) is 4.63. The van der Waals surface area contributed by atoms with Crippen molar-refractivity contribution in [2.75, 3.05) is 7.11 Å². The van der Waals surface area contributed by atoms with Crippen molar-refractivity contribution in [1.82, 2.24) is 4.98 Å². The molecule has 1 aromatic heterocycles. The lowest BCUT2D eigenvalue weighted by molar-refractivity contribution is 0.0599. The molecule has 1 N–H and O–H groups in total. The first-order chi connectivity index (χ1) is 7.11. The lowest BCUT2D eigenvalue weighted by Gasteiger charge is -2.03. The number of hydrogen-bond acceptors (Lipinski definition) is 4. The number of H-pyrrole nitrogens is 1. The maximum Gasteiger partial charge on any atom is 0.338 e. The molecule has 0 bridgehead atoms. The summed E-state index contributed by atoms with van der Waals surface area (Å²) < 4.78 is 9.96. The fourth-order valence-electron chi connectivity index (χ4n) is 1.69. The highest BCUT2D eigenvalue weighted by atomic mass is 16.5. The molecule has 1 aliphatic heterocycles. The van der Waals surface area contributed by atoms with Crippen LogP contribution >= 0.6 is 0 Å². The standard InChI is InChI=1S/C10H11NO4/c1-5-3-6-7(10(13)14-2)4-8(12)11-9(6)15-5/h4-5H,3H2,1-2H3,(H,11,12). The van der Waals surface area contributed by atoms with Gasteiger partial charge in [-0.1, -0.05) is 0 Å². The van der Waals surface area contributed by atoms with Gasteiger partial charge in [0, 0.05) is 18.1 Å². The third kappa shape index (κ3) is 1.60. The molecule has 1 aliphatic rings. The van der Waals surface area contributed by atoms with Crippen LogP contribution in [0.15, 0.2) is 10.9 Å². The van der Waals surface area contributed by atoms with Gasteiger partial charge in [0.2, 0.25) is 0 Å². The quantitative estimate of drug-likeness (QED) is 0.683. The molecule has 1 unspecified atom stereocenters. The molecule has 0 saturated carbocycles. The maximum atomic E-state index is 11.4. The Hall–Kier alpha value is -1.78. The van der Waals surface area contributed by atoms with Crippen molar-refractivity contribution in [3.8, 4) is 5.88 Å². The minimum atomic E-state index is -0.505. The van der Waals surface area contributed by atoms with Crippen LogP contribution in [0.25, 0.3) is 0 Å². The van der Waals surface area contributed by atoms with E-state index in [0.29, 0.717) is 23.4 Å². The van der Waals surface area contributed by atoms with Crippen LogP contribution in [0.5, 0.6) is 5.88 Å². The number of hydrogen-bond donors (Lipinski definition) is 1. The van der Waals surface area contributed by atoms with Crippen molar-refractivity contribution in [3.63, 3.8) is 0 Å². The van der Waals surface area contributed by atoms with E-state index in [1.54, 1.807) is 0 Å². The highest BCUT2D eigenvalue weighted by Crippen LogP contribution is 2.28. The van der Waals surface area contributed by atoms with Gasteiger partial charge < -0.3 is 9.47 Å². The molecular formula is C10H11NO4. The van der Waals surface area contributed by atoms with Gasteiger partial charge in [0.25, 0.3) is 5.56 Å². The van der Waals surface area contributed by atoms with E-state index in [2.05, 4.69) is 9.72 Å². The summed E-state index contributed by atoms with van der Waals surface area (Å²) in [6.45, 7) is 1.87. The first-order valence-electron chi connectivity index (χ1n) is 4.63. The van der Waals surface area contributed by atoms with E-state index in [-0.39, 0.29) is 11.7 Å². The number of pyridine rings is 1. The van der Waals surface area contributed by atoms with Gasteiger partial charge in [-0.25, -0.2) is 4.79 Å². The fraction of sp³-hybridized carbons (Fsp3) is 0.400. The molecule has 0 amide bonds. The van der Waals surface area contributed by atoms with Gasteiger partial charge in [0.15, 0.2) is 5.88 Å². The summed E-state index contributed by atoms with van der Waals surface area (Å²) in [5, 5.41) is 0. The first kappa shape index (κ1) is 9.76. The number of ether oxygens (including phenoxy) is 2. The normalized spacial score (nSPS) is 18.1. The number of methoxy groups -OCH3 is 1. The lowest BCUT2D eigenvalue weighted by Crippen LogP contribution is -2.13. The molecule has 2 heterocycles. The van der Waals surface area contributed by atoms with E-state index in [1.165, 1.54) is 13.2 Å². The Morgan fingerprint density at radius 1 is 1.67 bits per heavy atom. The summed E-state index contributed by atoms with van der Waals surface area (Å²) in [7, 11) is 1.29. The van der Waals surface area contributed by atoms with Crippen LogP contribution in [-0.2, 0) is 11.2 Å². The van der Waals surface area contributed by atoms with Crippen molar-refractivity contribution >= 4 is 5.97 Å². The molecule has 1 aromatic rings. The lowest BCUT2D eigenvalue weighted by atomic mass is 10.1. The number of carbonyl (C=O) groups is 1. The average Bonchev–Trinajstić information content (AvgIpc) is 2.55. The van der Waals surface area contributed by atoms with Crippen molar-refractivity contribution in [1.29, 1.82) is 0 Å². The molecular weight excluding hydrogens is 198 g/mol. The molecule has 0 radical (unpaired) electrons. The van der Waals surface area contributed by atoms with E-state index in [0.717, 1.165) is 0 Å². The average molecular weight is 209 g/mol. The molecule has 5 heteroatoms. The molecule has 5 nitrogen and oxygen atoms in total. The minimum Gasteiger partial charge on any atom is -0.475 e. The van der Waals surface area contributed by atoms with Crippen LogP contribution in [0.1, 0.15) is 22.8 Å². The minimum absolute atomic E-state index is 0.0264. The molecule has 0 aromatic carbocycles. The molecule has 15 heavy (non-hydrogen) atoms. The monoisotopic (exact) mass is 209 g/mol. The van der Waals surface area contributed by atoms with Gasteiger partial charge in [-0.05, 0) is 6.92 Å². The molecule has 1 atom stereocenters. The number of nitrogens with one attached hydrogen (secondary N) is 1. The predicted octanol–water partition coefficient (Wildman–Crippen LogP) is 0.485. The maximum absolute atomic E-state index is 11.4. The summed E-state index contributed by atoms with van der Waals surface area (Å²) >= 11 is 0. The van der Waals surface area contributed by atoms with Gasteiger partial charge in [-0.15, -0.1) is 0 Å². The van der Waals surface area contributed by atoms with Gasteiger partial charge in [0.1, 0.15) is 6.10 Å². The van der Waals surface area contributed by atoms with Crippen molar-refractivity contribution in [2.24, 2.45) is 0 Å². The smallest absolute Gasteiger partial charge is 0.338 e. The van der Waals surface area contributed by atoms with Gasteiger partial charge in [0.05, 0.1) is 12.7 Å². The summed E-state index contributed by atoms with van der Waals surface area (Å²) in [6, 6.07) is 1.24. The topological polar surface area (TPSA) is 68.4 Å². The van der Waals surface area contributed by atoms with E-state index in [4.69, 9.17) is 4.74 Å². The molecule has 0 fully saturated rings. The third-order valence-corrected chi connectivity index (χ3v) is 2.33. The van der Waals surface area contributed by atoms with Gasteiger partial charge in [-0.2, -0.15) is 0 Å². The summed E-state index contributed by atoms with van der Waals surface area (Å²) in [5.74, 6) is -0.120. The number of carbonyl (C=O) groups excluding carboxylic acids is 1. The molecule has 0 spiro atoms. The second kappa shape index (κ2) is 3.42. The number of fused-ring (bicyclic) bond motifs is 1. The van der Waals surface area contributed by atoms with Crippen LogP contribution in [0.2, 0.25) is 0 Å². The van der Waals surface area contributed by atoms with Crippen LogP contribution in [0.4, 0.5) is 0 Å². The second-order valence-corrected chi connectivity index (χ2v) is 3.48. The van der Waals surface area contributed by atoms with Crippen LogP contribution in [0, 0.1) is 0 Å².